The van der Waals surface area contributed by atoms with Gasteiger partial charge in [0, 0.05) is 0 Å². The first kappa shape index (κ1) is 18.2. The van der Waals surface area contributed by atoms with Crippen LogP contribution in [0.4, 0.5) is 4.39 Å². The summed E-state index contributed by atoms with van der Waals surface area (Å²) in [7, 11) is 0. The number of nitrogens with one attached hydrogen (secondary N) is 1. The molecule has 1 aromatic heterocycles. The van der Waals surface area contributed by atoms with Crippen LogP contribution in [0.3, 0.4) is 0 Å². The average Bonchev–Trinajstić information content (AvgIpc) is 2.99. The Balaban J connectivity index is 1.94. The van der Waals surface area contributed by atoms with Crippen molar-refractivity contribution in [1.82, 2.24) is 15.5 Å². The van der Waals surface area contributed by atoms with Crippen molar-refractivity contribution in [3.8, 4) is 0 Å². The summed E-state index contributed by atoms with van der Waals surface area (Å²) >= 11 is 4.39. The largest absolute Gasteiger partial charge is 0.348 e. The molecule has 8 heteroatoms. The summed E-state index contributed by atoms with van der Waals surface area (Å²) < 4.78 is 14.7. The van der Waals surface area contributed by atoms with E-state index in [2.05, 4.69) is 15.5 Å². The number of hydrogen-bond donors (Lipinski definition) is 1. The van der Waals surface area contributed by atoms with E-state index in [0.29, 0.717) is 0 Å². The van der Waals surface area contributed by atoms with Crippen molar-refractivity contribution >= 4 is 40.8 Å². The standard InChI is InChI=1S/C15H18FN3OS3/c1-9(2)13(10-4-6-11(16)7-5-10)17-12(20)8-22-15-19-18-14(21-3)23-15/h4-7,9,13H,8H2,1-3H3,(H,17,20). The highest BCUT2D eigenvalue weighted by Gasteiger charge is 2.19. The van der Waals surface area contributed by atoms with E-state index in [-0.39, 0.29) is 29.4 Å². The van der Waals surface area contributed by atoms with Crippen LogP contribution < -0.4 is 5.32 Å². The van der Waals surface area contributed by atoms with Crippen LogP contribution in [0.5, 0.6) is 0 Å². The van der Waals surface area contributed by atoms with E-state index in [4.69, 9.17) is 0 Å². The zero-order valence-electron chi connectivity index (χ0n) is 13.1. The van der Waals surface area contributed by atoms with Crippen LogP contribution >= 0.6 is 34.9 Å². The van der Waals surface area contributed by atoms with Crippen molar-refractivity contribution in [2.75, 3.05) is 12.0 Å². The molecule has 0 aliphatic carbocycles. The number of amides is 1. The quantitative estimate of drug-likeness (QED) is 0.746. The van der Waals surface area contributed by atoms with Crippen LogP contribution in [0.25, 0.3) is 0 Å². The summed E-state index contributed by atoms with van der Waals surface area (Å²) in [5.41, 5.74) is 0.903. The van der Waals surface area contributed by atoms with Gasteiger partial charge in [0.25, 0.3) is 0 Å². The van der Waals surface area contributed by atoms with Gasteiger partial charge in [0.05, 0.1) is 11.8 Å². The van der Waals surface area contributed by atoms with Crippen molar-refractivity contribution in [2.24, 2.45) is 5.92 Å². The van der Waals surface area contributed by atoms with Gasteiger partial charge in [-0.25, -0.2) is 4.39 Å². The van der Waals surface area contributed by atoms with E-state index < -0.39 is 0 Å². The van der Waals surface area contributed by atoms with E-state index in [1.54, 1.807) is 12.1 Å². The molecule has 0 bridgehead atoms. The molecule has 1 aromatic carbocycles. The number of rotatable bonds is 7. The lowest BCUT2D eigenvalue weighted by Gasteiger charge is -2.22. The molecule has 0 aliphatic rings. The first-order chi connectivity index (χ1) is 11.0. The average molecular weight is 372 g/mol. The third-order valence-electron chi connectivity index (χ3n) is 3.10. The van der Waals surface area contributed by atoms with Gasteiger partial charge in [-0.15, -0.1) is 10.2 Å². The van der Waals surface area contributed by atoms with Gasteiger partial charge in [-0.3, -0.25) is 4.79 Å². The summed E-state index contributed by atoms with van der Waals surface area (Å²) in [4.78, 5) is 12.2. The number of halogens is 1. The van der Waals surface area contributed by atoms with E-state index in [1.165, 1.54) is 47.0 Å². The molecule has 4 nitrogen and oxygen atoms in total. The van der Waals surface area contributed by atoms with E-state index >= 15 is 0 Å². The zero-order chi connectivity index (χ0) is 16.8. The maximum Gasteiger partial charge on any atom is 0.230 e. The highest BCUT2D eigenvalue weighted by molar-refractivity contribution is 8.03. The fourth-order valence-corrected chi connectivity index (χ4v) is 4.23. The highest BCUT2D eigenvalue weighted by Crippen LogP contribution is 2.27. The molecule has 0 radical (unpaired) electrons. The lowest BCUT2D eigenvalue weighted by atomic mass is 9.96. The Kier molecular flexibility index (Phi) is 6.86. The smallest absolute Gasteiger partial charge is 0.230 e. The number of aromatic nitrogens is 2. The lowest BCUT2D eigenvalue weighted by Crippen LogP contribution is -2.32. The van der Waals surface area contributed by atoms with Gasteiger partial charge < -0.3 is 5.32 Å². The van der Waals surface area contributed by atoms with E-state index in [1.807, 2.05) is 20.1 Å². The van der Waals surface area contributed by atoms with Gasteiger partial charge >= 0.3 is 0 Å². The van der Waals surface area contributed by atoms with Crippen molar-refractivity contribution in [3.63, 3.8) is 0 Å². The van der Waals surface area contributed by atoms with Crippen molar-refractivity contribution in [2.45, 2.75) is 28.6 Å². The maximum absolute atomic E-state index is 13.0. The number of carbonyl (C=O) groups excluding carboxylic acids is 1. The maximum atomic E-state index is 13.0. The minimum Gasteiger partial charge on any atom is -0.348 e. The van der Waals surface area contributed by atoms with Crippen LogP contribution in [0, 0.1) is 11.7 Å². The number of carbonyl (C=O) groups is 1. The highest BCUT2D eigenvalue weighted by atomic mass is 32.2. The molecule has 1 N–H and O–H groups in total. The Morgan fingerprint density at radius 3 is 2.48 bits per heavy atom. The fraction of sp³-hybridized carbons (Fsp3) is 0.400. The molecule has 1 heterocycles. The van der Waals surface area contributed by atoms with Crippen molar-refractivity contribution < 1.29 is 9.18 Å². The molecule has 1 atom stereocenters. The number of hydrogen-bond acceptors (Lipinski definition) is 6. The molecule has 1 amide bonds. The van der Waals surface area contributed by atoms with Crippen LogP contribution in [0.2, 0.25) is 0 Å². The van der Waals surface area contributed by atoms with Crippen LogP contribution in [0.15, 0.2) is 32.9 Å². The lowest BCUT2D eigenvalue weighted by molar-refractivity contribution is -0.119. The minimum atomic E-state index is -0.279. The second kappa shape index (κ2) is 8.65. The second-order valence-electron chi connectivity index (χ2n) is 5.17. The molecule has 2 rings (SSSR count). The molecule has 0 spiro atoms. The summed E-state index contributed by atoms with van der Waals surface area (Å²) in [5, 5.41) is 11.0. The predicted molar refractivity (Wildman–Crippen MR) is 94.5 cm³/mol. The summed E-state index contributed by atoms with van der Waals surface area (Å²) in [6.45, 7) is 4.05. The Hall–Kier alpha value is -1.12. The van der Waals surface area contributed by atoms with Crippen molar-refractivity contribution in [1.29, 1.82) is 0 Å². The first-order valence-corrected chi connectivity index (χ1v) is 10.1. The Morgan fingerprint density at radius 1 is 1.26 bits per heavy atom. The second-order valence-corrected chi connectivity index (χ2v) is 8.42. The molecule has 0 aliphatic heterocycles. The Bertz CT molecular complexity index is 646. The zero-order valence-corrected chi connectivity index (χ0v) is 15.5. The van der Waals surface area contributed by atoms with E-state index in [9.17, 15) is 9.18 Å². The third kappa shape index (κ3) is 5.47. The molecular weight excluding hydrogens is 353 g/mol. The van der Waals surface area contributed by atoms with Crippen LogP contribution in [-0.2, 0) is 4.79 Å². The van der Waals surface area contributed by atoms with E-state index in [0.717, 1.165) is 14.2 Å². The monoisotopic (exact) mass is 371 g/mol. The van der Waals surface area contributed by atoms with Gasteiger partial charge in [0.15, 0.2) is 8.68 Å². The Morgan fingerprint density at radius 2 is 1.91 bits per heavy atom. The SMILES string of the molecule is CSc1nnc(SCC(=O)NC(c2ccc(F)cc2)C(C)C)s1. The topological polar surface area (TPSA) is 54.9 Å². The number of nitrogens with zero attached hydrogens (tertiary/aromatic N) is 2. The molecular formula is C15H18FN3OS3. The number of benzene rings is 1. The van der Waals surface area contributed by atoms with Gasteiger partial charge in [-0.2, -0.15) is 0 Å². The normalized spacial score (nSPS) is 12.4. The fourth-order valence-electron chi connectivity index (χ4n) is 1.99. The molecule has 23 heavy (non-hydrogen) atoms. The van der Waals surface area contributed by atoms with Gasteiger partial charge in [0.2, 0.25) is 5.91 Å². The predicted octanol–water partition coefficient (Wildman–Crippen LogP) is 4.00. The summed E-state index contributed by atoms with van der Waals surface area (Å²) in [5.74, 6) is 0.143. The summed E-state index contributed by atoms with van der Waals surface area (Å²) in [6, 6.07) is 6.11. The number of thioether (sulfide) groups is 2. The molecule has 0 saturated heterocycles. The molecule has 2 aromatic rings. The van der Waals surface area contributed by atoms with Gasteiger partial charge in [0.1, 0.15) is 5.82 Å². The van der Waals surface area contributed by atoms with Gasteiger partial charge in [-0.1, -0.05) is 60.8 Å². The molecule has 1 unspecified atom stereocenters. The van der Waals surface area contributed by atoms with Gasteiger partial charge in [-0.05, 0) is 29.9 Å². The third-order valence-corrected chi connectivity index (χ3v) is 6.13. The summed E-state index contributed by atoms with van der Waals surface area (Å²) in [6.07, 6.45) is 1.94. The molecule has 0 saturated carbocycles. The molecule has 124 valence electrons. The van der Waals surface area contributed by atoms with Crippen LogP contribution in [-0.4, -0.2) is 28.1 Å². The first-order valence-electron chi connectivity index (χ1n) is 7.04. The minimum absolute atomic E-state index is 0.0704. The van der Waals surface area contributed by atoms with Crippen LogP contribution in [0.1, 0.15) is 25.5 Å². The molecule has 0 fully saturated rings. The van der Waals surface area contributed by atoms with Crippen molar-refractivity contribution in [3.05, 3.63) is 35.6 Å². The Labute approximate surface area is 147 Å².